The second kappa shape index (κ2) is 9.54. The summed E-state index contributed by atoms with van der Waals surface area (Å²) in [6.07, 6.45) is 1.96. The van der Waals surface area contributed by atoms with Crippen LogP contribution in [0.5, 0.6) is 0 Å². The Bertz CT molecular complexity index is 1290. The predicted octanol–water partition coefficient (Wildman–Crippen LogP) is 3.41. The maximum atomic E-state index is 13.0. The number of hydrogen-bond acceptors (Lipinski definition) is 5. The minimum absolute atomic E-state index is 0.0217. The summed E-state index contributed by atoms with van der Waals surface area (Å²) < 4.78 is 32.9. The SMILES string of the molecule is COC(=O)[C@@H](Cc1c[nH]c2ccccc12)NC(=O)c1ccc(Cl)c(S(=O)(=O)NC(C)(C)C)c1. The summed E-state index contributed by atoms with van der Waals surface area (Å²) in [5.41, 5.74) is 1.04. The van der Waals surface area contributed by atoms with E-state index in [2.05, 4.69) is 15.0 Å². The number of benzene rings is 2. The summed E-state index contributed by atoms with van der Waals surface area (Å²) >= 11 is 6.11. The molecule has 0 fully saturated rings. The first-order valence-electron chi connectivity index (χ1n) is 10.2. The highest BCUT2D eigenvalue weighted by Crippen LogP contribution is 2.24. The summed E-state index contributed by atoms with van der Waals surface area (Å²) in [6.45, 7) is 5.09. The number of methoxy groups -OCH3 is 1. The number of fused-ring (bicyclic) bond motifs is 1. The second-order valence-electron chi connectivity index (χ2n) is 8.61. The molecular formula is C23H26ClN3O5S. The zero-order chi connectivity index (χ0) is 24.4. The number of aromatic amines is 1. The number of hydrogen-bond donors (Lipinski definition) is 3. The van der Waals surface area contributed by atoms with E-state index in [1.807, 2.05) is 24.3 Å². The molecule has 3 N–H and O–H groups in total. The molecular weight excluding hydrogens is 466 g/mol. The highest BCUT2D eigenvalue weighted by atomic mass is 35.5. The van der Waals surface area contributed by atoms with Crippen LogP contribution in [-0.2, 0) is 26.0 Å². The summed E-state index contributed by atoms with van der Waals surface area (Å²) in [6, 6.07) is 10.5. The van der Waals surface area contributed by atoms with E-state index >= 15 is 0 Å². The van der Waals surface area contributed by atoms with Gasteiger partial charge in [0.05, 0.1) is 12.1 Å². The van der Waals surface area contributed by atoms with Crippen LogP contribution in [0, 0.1) is 0 Å². The van der Waals surface area contributed by atoms with Crippen LogP contribution in [0.15, 0.2) is 53.6 Å². The van der Waals surface area contributed by atoms with E-state index in [-0.39, 0.29) is 21.9 Å². The minimum atomic E-state index is -3.98. The molecule has 3 aromatic rings. The molecule has 1 aromatic heterocycles. The number of halogens is 1. The van der Waals surface area contributed by atoms with Crippen molar-refractivity contribution in [2.24, 2.45) is 0 Å². The van der Waals surface area contributed by atoms with Gasteiger partial charge in [0.1, 0.15) is 10.9 Å². The molecule has 8 nitrogen and oxygen atoms in total. The van der Waals surface area contributed by atoms with E-state index in [9.17, 15) is 18.0 Å². The van der Waals surface area contributed by atoms with Gasteiger partial charge in [-0.25, -0.2) is 17.9 Å². The fraction of sp³-hybridized carbons (Fsp3) is 0.304. The molecule has 10 heteroatoms. The number of carbonyl (C=O) groups excluding carboxylic acids is 2. The van der Waals surface area contributed by atoms with Crippen LogP contribution in [0.3, 0.4) is 0 Å². The van der Waals surface area contributed by atoms with E-state index < -0.39 is 33.5 Å². The van der Waals surface area contributed by atoms with Crippen molar-refractivity contribution in [3.8, 4) is 0 Å². The summed E-state index contributed by atoms with van der Waals surface area (Å²) in [5.74, 6) is -1.25. The molecule has 1 amide bonds. The van der Waals surface area contributed by atoms with Crippen molar-refractivity contribution in [3.05, 3.63) is 64.8 Å². The van der Waals surface area contributed by atoms with Gasteiger partial charge < -0.3 is 15.0 Å². The largest absolute Gasteiger partial charge is 0.467 e. The van der Waals surface area contributed by atoms with Gasteiger partial charge in [-0.3, -0.25) is 4.79 Å². The lowest BCUT2D eigenvalue weighted by atomic mass is 10.0. The average Bonchev–Trinajstić information content (AvgIpc) is 3.14. The van der Waals surface area contributed by atoms with Crippen molar-refractivity contribution in [2.45, 2.75) is 43.7 Å². The topological polar surface area (TPSA) is 117 Å². The molecule has 3 rings (SSSR count). The molecule has 1 heterocycles. The summed E-state index contributed by atoms with van der Waals surface area (Å²) in [7, 11) is -2.74. The number of carbonyl (C=O) groups is 2. The number of sulfonamides is 1. The molecule has 0 spiro atoms. The van der Waals surface area contributed by atoms with E-state index in [1.165, 1.54) is 25.3 Å². The Morgan fingerprint density at radius 1 is 1.15 bits per heavy atom. The first-order valence-corrected chi connectivity index (χ1v) is 12.0. The normalized spacial score (nSPS) is 13.0. The number of amides is 1. The lowest BCUT2D eigenvalue weighted by Gasteiger charge is -2.21. The zero-order valence-corrected chi connectivity index (χ0v) is 20.3. The Morgan fingerprint density at radius 2 is 1.85 bits per heavy atom. The van der Waals surface area contributed by atoms with Crippen LogP contribution in [0.25, 0.3) is 10.9 Å². The number of rotatable bonds is 7. The van der Waals surface area contributed by atoms with Crippen LogP contribution in [0.2, 0.25) is 5.02 Å². The molecule has 0 radical (unpaired) electrons. The number of para-hydroxylation sites is 1. The Morgan fingerprint density at radius 3 is 2.52 bits per heavy atom. The van der Waals surface area contributed by atoms with E-state index in [4.69, 9.17) is 16.3 Å². The van der Waals surface area contributed by atoms with Crippen LogP contribution in [0.4, 0.5) is 0 Å². The van der Waals surface area contributed by atoms with E-state index in [0.717, 1.165) is 16.5 Å². The van der Waals surface area contributed by atoms with Gasteiger partial charge in [0, 0.05) is 34.6 Å². The second-order valence-corrected chi connectivity index (χ2v) is 10.7. The molecule has 0 saturated carbocycles. The Labute approximate surface area is 197 Å². The Hall–Kier alpha value is -2.88. The first-order chi connectivity index (χ1) is 15.4. The maximum absolute atomic E-state index is 13.0. The molecule has 176 valence electrons. The molecule has 0 unspecified atom stereocenters. The van der Waals surface area contributed by atoms with Crippen LogP contribution < -0.4 is 10.0 Å². The van der Waals surface area contributed by atoms with Gasteiger partial charge in [-0.05, 0) is 50.6 Å². The number of aromatic nitrogens is 1. The molecule has 0 saturated heterocycles. The summed E-state index contributed by atoms with van der Waals surface area (Å²) in [4.78, 5) is 28.3. The zero-order valence-electron chi connectivity index (χ0n) is 18.7. The van der Waals surface area contributed by atoms with Crippen molar-refractivity contribution in [3.63, 3.8) is 0 Å². The Kier molecular flexibility index (Phi) is 7.16. The molecule has 0 aliphatic carbocycles. The highest BCUT2D eigenvalue weighted by molar-refractivity contribution is 7.89. The number of H-pyrrole nitrogens is 1. The number of esters is 1. The van der Waals surface area contributed by atoms with Gasteiger partial charge in [-0.1, -0.05) is 29.8 Å². The smallest absolute Gasteiger partial charge is 0.328 e. The van der Waals surface area contributed by atoms with Crippen molar-refractivity contribution in [1.82, 2.24) is 15.0 Å². The van der Waals surface area contributed by atoms with Gasteiger partial charge in [-0.15, -0.1) is 0 Å². The quantitative estimate of drug-likeness (QED) is 0.438. The van der Waals surface area contributed by atoms with Gasteiger partial charge in [0.15, 0.2) is 0 Å². The predicted molar refractivity (Wildman–Crippen MR) is 127 cm³/mol. The van der Waals surface area contributed by atoms with Crippen molar-refractivity contribution in [2.75, 3.05) is 7.11 Å². The van der Waals surface area contributed by atoms with E-state index in [0.29, 0.717) is 0 Å². The van der Waals surface area contributed by atoms with Crippen molar-refractivity contribution < 1.29 is 22.7 Å². The standard InChI is InChI=1S/C23H26ClN3O5S/c1-23(2,3)27-33(30,31)20-12-14(9-10-17(20)24)21(28)26-19(22(29)32-4)11-15-13-25-18-8-6-5-7-16(15)18/h5-10,12-13,19,25,27H,11H2,1-4H3,(H,26,28)/t19-/m1/s1. The highest BCUT2D eigenvalue weighted by Gasteiger charge is 2.27. The molecule has 33 heavy (non-hydrogen) atoms. The maximum Gasteiger partial charge on any atom is 0.328 e. The monoisotopic (exact) mass is 491 g/mol. The average molecular weight is 492 g/mol. The third-order valence-electron chi connectivity index (χ3n) is 4.81. The molecule has 0 aliphatic rings. The molecule has 0 aliphatic heterocycles. The van der Waals surface area contributed by atoms with Gasteiger partial charge in [0.2, 0.25) is 10.0 Å². The van der Waals surface area contributed by atoms with Crippen LogP contribution in [-0.4, -0.2) is 44.0 Å². The van der Waals surface area contributed by atoms with Crippen LogP contribution in [0.1, 0.15) is 36.7 Å². The molecule has 2 aromatic carbocycles. The number of nitrogens with one attached hydrogen (secondary N) is 3. The first kappa shape index (κ1) is 24.8. The molecule has 0 bridgehead atoms. The van der Waals surface area contributed by atoms with Crippen molar-refractivity contribution in [1.29, 1.82) is 0 Å². The summed E-state index contributed by atoms with van der Waals surface area (Å²) in [5, 5.41) is 3.55. The fourth-order valence-electron chi connectivity index (χ4n) is 3.41. The van der Waals surface area contributed by atoms with Gasteiger partial charge in [-0.2, -0.15) is 0 Å². The molecule has 1 atom stereocenters. The van der Waals surface area contributed by atoms with Gasteiger partial charge >= 0.3 is 5.97 Å². The van der Waals surface area contributed by atoms with Crippen LogP contribution >= 0.6 is 11.6 Å². The lowest BCUT2D eigenvalue weighted by Crippen LogP contribution is -2.43. The third kappa shape index (κ3) is 5.93. The minimum Gasteiger partial charge on any atom is -0.467 e. The Balaban J connectivity index is 1.88. The van der Waals surface area contributed by atoms with E-state index in [1.54, 1.807) is 27.0 Å². The fourth-order valence-corrected chi connectivity index (χ4v) is 5.35. The third-order valence-corrected chi connectivity index (χ3v) is 7.05. The number of ether oxygens (including phenoxy) is 1. The lowest BCUT2D eigenvalue weighted by molar-refractivity contribution is -0.142. The van der Waals surface area contributed by atoms with Crippen molar-refractivity contribution >= 4 is 44.4 Å². The van der Waals surface area contributed by atoms with Gasteiger partial charge in [0.25, 0.3) is 5.91 Å².